The Morgan fingerprint density at radius 3 is 2.37 bits per heavy atom. The van der Waals surface area contributed by atoms with Crippen LogP contribution in [0.1, 0.15) is 19.3 Å². The van der Waals surface area contributed by atoms with E-state index < -0.39 is 18.1 Å². The Morgan fingerprint density at radius 2 is 1.89 bits per heavy atom. The third-order valence-corrected chi connectivity index (χ3v) is 2.96. The molecular weight excluding hydrogens is 265 g/mol. The molecule has 1 heterocycles. The molecule has 0 unspecified atom stereocenters. The maximum absolute atomic E-state index is 12.1. The van der Waals surface area contributed by atoms with E-state index in [4.69, 9.17) is 4.74 Å². The number of alkyl halides is 3. The lowest BCUT2D eigenvalue weighted by molar-refractivity contribution is -0.174. The number of rotatable bonds is 4. The summed E-state index contributed by atoms with van der Waals surface area (Å²) in [5.41, 5.74) is 0. The number of halogens is 3. The Balaban J connectivity index is 2.33. The zero-order chi connectivity index (χ0) is 14.5. The van der Waals surface area contributed by atoms with Gasteiger partial charge >= 0.3 is 12.1 Å². The molecule has 0 aromatic carbocycles. The zero-order valence-corrected chi connectivity index (χ0v) is 10.6. The minimum Gasteiger partial charge on any atom is -0.384 e. The Kier molecular flexibility index (Phi) is 5.59. The number of carbonyl (C=O) groups is 2. The number of nitrogens with one attached hydrogen (secondary N) is 1. The van der Waals surface area contributed by atoms with Crippen molar-refractivity contribution in [2.24, 2.45) is 0 Å². The van der Waals surface area contributed by atoms with E-state index in [1.54, 1.807) is 4.90 Å². The molecule has 0 bridgehead atoms. The summed E-state index contributed by atoms with van der Waals surface area (Å²) in [6.45, 7) is 1.03. The first-order valence-electron chi connectivity index (χ1n) is 5.99. The van der Waals surface area contributed by atoms with Crippen molar-refractivity contribution in [2.75, 3.05) is 26.8 Å². The molecule has 0 radical (unpaired) electrons. The molecule has 1 rings (SSSR count). The summed E-state index contributed by atoms with van der Waals surface area (Å²) in [6, 6.07) is -0.527. The molecule has 0 saturated carbocycles. The quantitative estimate of drug-likeness (QED) is 0.825. The van der Waals surface area contributed by atoms with Crippen LogP contribution in [0.15, 0.2) is 0 Å². The minimum absolute atomic E-state index is 0.0811. The molecule has 1 fully saturated rings. The van der Waals surface area contributed by atoms with Crippen molar-refractivity contribution in [1.82, 2.24) is 10.2 Å². The highest BCUT2D eigenvalue weighted by molar-refractivity contribution is 5.82. The van der Waals surface area contributed by atoms with E-state index in [1.165, 1.54) is 7.11 Å². The van der Waals surface area contributed by atoms with Crippen molar-refractivity contribution < 1.29 is 27.5 Å². The lowest BCUT2D eigenvalue weighted by Gasteiger charge is -2.32. The maximum Gasteiger partial charge on any atom is 0.471 e. The lowest BCUT2D eigenvalue weighted by Crippen LogP contribution is -2.49. The van der Waals surface area contributed by atoms with Gasteiger partial charge in [0.25, 0.3) is 0 Å². The summed E-state index contributed by atoms with van der Waals surface area (Å²) in [5.74, 6) is -2.00. The van der Waals surface area contributed by atoms with Crippen molar-refractivity contribution >= 4 is 11.8 Å². The predicted octanol–water partition coefficient (Wildman–Crippen LogP) is 0.692. The molecule has 0 aromatic heterocycles. The first-order chi connectivity index (χ1) is 8.84. The summed E-state index contributed by atoms with van der Waals surface area (Å²) in [6.07, 6.45) is -3.93. The number of hydrogen-bond acceptors (Lipinski definition) is 3. The topological polar surface area (TPSA) is 58.6 Å². The van der Waals surface area contributed by atoms with Gasteiger partial charge in [-0.05, 0) is 12.8 Å². The third-order valence-electron chi connectivity index (χ3n) is 2.96. The Bertz CT molecular complexity index is 326. The first kappa shape index (κ1) is 15.7. The minimum atomic E-state index is -4.86. The van der Waals surface area contributed by atoms with Crippen LogP contribution in [-0.4, -0.2) is 55.7 Å². The van der Waals surface area contributed by atoms with E-state index in [0.29, 0.717) is 32.5 Å². The molecule has 1 aliphatic heterocycles. The lowest BCUT2D eigenvalue weighted by atomic mass is 10.0. The Labute approximate surface area is 109 Å². The number of ether oxygens (including phenoxy) is 1. The predicted molar refractivity (Wildman–Crippen MR) is 60.3 cm³/mol. The second-order valence-corrected chi connectivity index (χ2v) is 4.37. The van der Waals surface area contributed by atoms with Crippen LogP contribution in [0.2, 0.25) is 0 Å². The molecule has 0 spiro atoms. The van der Waals surface area contributed by atoms with E-state index in [1.807, 2.05) is 5.32 Å². The molecule has 19 heavy (non-hydrogen) atoms. The molecule has 2 amide bonds. The summed E-state index contributed by atoms with van der Waals surface area (Å²) in [7, 11) is 1.49. The van der Waals surface area contributed by atoms with Crippen LogP contribution in [0.5, 0.6) is 0 Å². The van der Waals surface area contributed by atoms with Gasteiger partial charge in [-0.15, -0.1) is 0 Å². The summed E-state index contributed by atoms with van der Waals surface area (Å²) in [4.78, 5) is 24.0. The van der Waals surface area contributed by atoms with Crippen molar-refractivity contribution in [3.63, 3.8) is 0 Å². The van der Waals surface area contributed by atoms with Crippen molar-refractivity contribution in [2.45, 2.75) is 31.5 Å². The van der Waals surface area contributed by atoms with Gasteiger partial charge < -0.3 is 15.0 Å². The number of nitrogens with zero attached hydrogens (tertiary/aromatic N) is 1. The average molecular weight is 282 g/mol. The SMILES string of the molecule is COCCC(=O)N1CCC(NC(=O)C(F)(F)F)CC1. The second-order valence-electron chi connectivity index (χ2n) is 4.37. The molecule has 1 aliphatic rings. The van der Waals surface area contributed by atoms with Crippen LogP contribution in [0.25, 0.3) is 0 Å². The fourth-order valence-corrected chi connectivity index (χ4v) is 1.89. The van der Waals surface area contributed by atoms with Crippen LogP contribution in [0.4, 0.5) is 13.2 Å². The number of amides is 2. The van der Waals surface area contributed by atoms with E-state index >= 15 is 0 Å². The van der Waals surface area contributed by atoms with Gasteiger partial charge in [0.2, 0.25) is 5.91 Å². The van der Waals surface area contributed by atoms with Crippen LogP contribution >= 0.6 is 0 Å². The molecule has 1 saturated heterocycles. The summed E-state index contributed by atoms with van der Waals surface area (Å²) >= 11 is 0. The standard InChI is InChI=1S/C11H17F3N2O3/c1-19-7-4-9(17)16-5-2-8(3-6-16)15-10(18)11(12,13)14/h8H,2-7H2,1H3,(H,15,18). The smallest absolute Gasteiger partial charge is 0.384 e. The average Bonchev–Trinajstić information content (AvgIpc) is 2.35. The molecule has 0 aromatic rings. The maximum atomic E-state index is 12.1. The molecular formula is C11H17F3N2O3. The van der Waals surface area contributed by atoms with Gasteiger partial charge in [-0.3, -0.25) is 9.59 Å². The molecule has 1 N–H and O–H groups in total. The van der Waals surface area contributed by atoms with Gasteiger partial charge in [0.15, 0.2) is 0 Å². The fourth-order valence-electron chi connectivity index (χ4n) is 1.89. The monoisotopic (exact) mass is 282 g/mol. The van der Waals surface area contributed by atoms with E-state index in [-0.39, 0.29) is 12.3 Å². The van der Waals surface area contributed by atoms with Crippen molar-refractivity contribution in [3.8, 4) is 0 Å². The zero-order valence-electron chi connectivity index (χ0n) is 10.6. The van der Waals surface area contributed by atoms with Crippen LogP contribution in [0, 0.1) is 0 Å². The van der Waals surface area contributed by atoms with Gasteiger partial charge in [0.05, 0.1) is 13.0 Å². The molecule has 5 nitrogen and oxygen atoms in total. The van der Waals surface area contributed by atoms with E-state index in [0.717, 1.165) is 0 Å². The van der Waals surface area contributed by atoms with Gasteiger partial charge in [0, 0.05) is 26.2 Å². The van der Waals surface area contributed by atoms with Crippen LogP contribution in [-0.2, 0) is 14.3 Å². The second kappa shape index (κ2) is 6.74. The molecule has 0 aliphatic carbocycles. The van der Waals surface area contributed by atoms with Gasteiger partial charge in [0.1, 0.15) is 0 Å². The highest BCUT2D eigenvalue weighted by Crippen LogP contribution is 2.17. The first-order valence-corrected chi connectivity index (χ1v) is 5.99. The number of likely N-dealkylation sites (tertiary alicyclic amines) is 1. The van der Waals surface area contributed by atoms with Crippen LogP contribution in [0.3, 0.4) is 0 Å². The number of carbonyl (C=O) groups excluding carboxylic acids is 2. The van der Waals surface area contributed by atoms with Gasteiger partial charge in [-0.1, -0.05) is 0 Å². The van der Waals surface area contributed by atoms with Gasteiger partial charge in [-0.2, -0.15) is 13.2 Å². The highest BCUT2D eigenvalue weighted by Gasteiger charge is 2.40. The molecule has 8 heteroatoms. The number of piperidine rings is 1. The van der Waals surface area contributed by atoms with Crippen molar-refractivity contribution in [3.05, 3.63) is 0 Å². The van der Waals surface area contributed by atoms with E-state index in [2.05, 4.69) is 0 Å². The molecule has 110 valence electrons. The molecule has 0 atom stereocenters. The Morgan fingerprint density at radius 1 is 1.32 bits per heavy atom. The van der Waals surface area contributed by atoms with E-state index in [9.17, 15) is 22.8 Å². The largest absolute Gasteiger partial charge is 0.471 e. The summed E-state index contributed by atoms with van der Waals surface area (Å²) in [5, 5.41) is 1.93. The number of hydrogen-bond donors (Lipinski definition) is 1. The van der Waals surface area contributed by atoms with Gasteiger partial charge in [-0.25, -0.2) is 0 Å². The van der Waals surface area contributed by atoms with Crippen LogP contribution < -0.4 is 5.32 Å². The van der Waals surface area contributed by atoms with Crippen molar-refractivity contribution in [1.29, 1.82) is 0 Å². The Hall–Kier alpha value is -1.31. The fraction of sp³-hybridized carbons (Fsp3) is 0.818. The highest BCUT2D eigenvalue weighted by atomic mass is 19.4. The third kappa shape index (κ3) is 5.06. The summed E-state index contributed by atoms with van der Waals surface area (Å²) < 4.78 is 41.0. The normalized spacial score (nSPS) is 17.4. The number of methoxy groups -OCH3 is 1.